The van der Waals surface area contributed by atoms with Crippen LogP contribution in [-0.2, 0) is 14.4 Å². The number of nitrogens with zero attached hydrogens (tertiary/aromatic N) is 2. The molecule has 8 heteroatoms. The van der Waals surface area contributed by atoms with Crippen molar-refractivity contribution < 1.29 is 19.2 Å². The van der Waals surface area contributed by atoms with Crippen molar-refractivity contribution in [3.05, 3.63) is 54.1 Å². The third-order valence-electron chi connectivity index (χ3n) is 5.86. The fraction of sp³-hybridized carbons (Fsp3) is 0.333. The van der Waals surface area contributed by atoms with Crippen molar-refractivity contribution in [2.24, 2.45) is 5.92 Å². The molecule has 0 radical (unpaired) electrons. The van der Waals surface area contributed by atoms with E-state index >= 15 is 0 Å². The molecule has 2 heterocycles. The van der Waals surface area contributed by atoms with E-state index in [1.165, 1.54) is 4.90 Å². The first-order valence-corrected chi connectivity index (χ1v) is 10.9. The van der Waals surface area contributed by atoms with E-state index < -0.39 is 0 Å². The SMILES string of the molecule is CCC(=O)N1CCCC(C(=O)Nc2ccc(C(=O)N3CC(=O)Nc4ccccc43)cc2)C1. The van der Waals surface area contributed by atoms with Gasteiger partial charge in [-0.05, 0) is 49.2 Å². The van der Waals surface area contributed by atoms with Crippen molar-refractivity contribution in [2.45, 2.75) is 26.2 Å². The topological polar surface area (TPSA) is 98.8 Å². The Morgan fingerprint density at radius 3 is 2.59 bits per heavy atom. The molecule has 0 saturated carbocycles. The van der Waals surface area contributed by atoms with Crippen LogP contribution in [0.2, 0.25) is 0 Å². The summed E-state index contributed by atoms with van der Waals surface area (Å²) >= 11 is 0. The number of hydrogen-bond acceptors (Lipinski definition) is 4. The Morgan fingerprint density at radius 2 is 1.84 bits per heavy atom. The molecule has 1 atom stereocenters. The Hall–Kier alpha value is -3.68. The van der Waals surface area contributed by atoms with Crippen LogP contribution in [0.5, 0.6) is 0 Å². The van der Waals surface area contributed by atoms with Crippen LogP contribution < -0.4 is 15.5 Å². The van der Waals surface area contributed by atoms with Crippen LogP contribution in [0.15, 0.2) is 48.5 Å². The predicted octanol–water partition coefficient (Wildman–Crippen LogP) is 2.87. The molecule has 2 aromatic rings. The first kappa shape index (κ1) is 21.5. The zero-order valence-corrected chi connectivity index (χ0v) is 18.0. The van der Waals surface area contributed by atoms with Gasteiger partial charge in [0.25, 0.3) is 5.91 Å². The van der Waals surface area contributed by atoms with Gasteiger partial charge in [0.05, 0.1) is 17.3 Å². The van der Waals surface area contributed by atoms with Crippen molar-refractivity contribution in [1.29, 1.82) is 0 Å². The minimum atomic E-state index is -0.286. The summed E-state index contributed by atoms with van der Waals surface area (Å²) in [6.07, 6.45) is 1.99. The molecule has 4 rings (SSSR count). The number of anilines is 3. The molecular weight excluding hydrogens is 408 g/mol. The number of carbonyl (C=O) groups is 4. The van der Waals surface area contributed by atoms with Gasteiger partial charge in [0.2, 0.25) is 17.7 Å². The number of benzene rings is 2. The number of fused-ring (bicyclic) bond motifs is 1. The highest BCUT2D eigenvalue weighted by molar-refractivity contribution is 6.15. The van der Waals surface area contributed by atoms with Gasteiger partial charge in [-0.1, -0.05) is 19.1 Å². The molecule has 2 N–H and O–H groups in total. The molecule has 2 aliphatic rings. The van der Waals surface area contributed by atoms with Gasteiger partial charge in [-0.25, -0.2) is 0 Å². The van der Waals surface area contributed by atoms with Crippen LogP contribution in [0.4, 0.5) is 17.1 Å². The Bertz CT molecular complexity index is 1050. The highest BCUT2D eigenvalue weighted by atomic mass is 16.2. The van der Waals surface area contributed by atoms with Crippen LogP contribution in [0.25, 0.3) is 0 Å². The zero-order chi connectivity index (χ0) is 22.7. The van der Waals surface area contributed by atoms with Crippen LogP contribution in [-0.4, -0.2) is 48.2 Å². The highest BCUT2D eigenvalue weighted by Crippen LogP contribution is 2.30. The van der Waals surface area contributed by atoms with Crippen LogP contribution >= 0.6 is 0 Å². The van der Waals surface area contributed by atoms with Crippen molar-refractivity contribution >= 4 is 40.7 Å². The molecule has 1 unspecified atom stereocenters. The number of hydrogen-bond donors (Lipinski definition) is 2. The molecule has 2 aromatic carbocycles. The predicted molar refractivity (Wildman–Crippen MR) is 121 cm³/mol. The number of piperidine rings is 1. The minimum Gasteiger partial charge on any atom is -0.342 e. The van der Waals surface area contributed by atoms with Gasteiger partial charge < -0.3 is 15.5 Å². The first-order chi connectivity index (χ1) is 15.5. The van der Waals surface area contributed by atoms with Gasteiger partial charge in [-0.3, -0.25) is 24.1 Å². The average molecular weight is 434 g/mol. The summed E-state index contributed by atoms with van der Waals surface area (Å²) in [6.45, 7) is 2.91. The van der Waals surface area contributed by atoms with Gasteiger partial charge in [0.1, 0.15) is 6.54 Å². The van der Waals surface area contributed by atoms with E-state index in [0.29, 0.717) is 42.1 Å². The summed E-state index contributed by atoms with van der Waals surface area (Å²) in [7, 11) is 0. The van der Waals surface area contributed by atoms with Gasteiger partial charge in [-0.2, -0.15) is 0 Å². The molecule has 0 aromatic heterocycles. The van der Waals surface area contributed by atoms with Crippen molar-refractivity contribution in [3.8, 4) is 0 Å². The standard InChI is InChI=1S/C24H26N4O4/c1-2-22(30)27-13-5-6-17(14-27)23(31)25-18-11-9-16(10-12-18)24(32)28-15-21(29)26-19-7-3-4-8-20(19)28/h3-4,7-12,17H,2,5-6,13-15H2,1H3,(H,25,31)(H,26,29). The fourth-order valence-corrected chi connectivity index (χ4v) is 4.15. The van der Waals surface area contributed by atoms with E-state index in [2.05, 4.69) is 10.6 Å². The van der Waals surface area contributed by atoms with Gasteiger partial charge in [-0.15, -0.1) is 0 Å². The second-order valence-corrected chi connectivity index (χ2v) is 8.06. The second-order valence-electron chi connectivity index (χ2n) is 8.06. The Balaban J connectivity index is 1.42. The van der Waals surface area contributed by atoms with Crippen LogP contribution in [0.1, 0.15) is 36.5 Å². The molecule has 2 aliphatic heterocycles. The molecule has 1 saturated heterocycles. The summed E-state index contributed by atoms with van der Waals surface area (Å²) in [4.78, 5) is 52.9. The molecule has 8 nitrogen and oxygen atoms in total. The Kier molecular flexibility index (Phi) is 6.20. The summed E-state index contributed by atoms with van der Waals surface area (Å²) in [5.74, 6) is -0.836. The molecule has 4 amide bonds. The highest BCUT2D eigenvalue weighted by Gasteiger charge is 2.29. The molecule has 166 valence electrons. The number of para-hydroxylation sites is 2. The lowest BCUT2D eigenvalue weighted by Crippen LogP contribution is -2.43. The maximum absolute atomic E-state index is 13.0. The van der Waals surface area contributed by atoms with Gasteiger partial charge in [0, 0.05) is 30.8 Å². The Labute approximate surface area is 186 Å². The maximum Gasteiger partial charge on any atom is 0.258 e. The lowest BCUT2D eigenvalue weighted by Gasteiger charge is -2.32. The fourth-order valence-electron chi connectivity index (χ4n) is 4.15. The van der Waals surface area contributed by atoms with E-state index in [1.54, 1.807) is 47.4 Å². The molecular formula is C24H26N4O4. The normalized spacial score (nSPS) is 17.9. The smallest absolute Gasteiger partial charge is 0.258 e. The second kappa shape index (κ2) is 9.21. The van der Waals surface area contributed by atoms with Crippen molar-refractivity contribution in [3.63, 3.8) is 0 Å². The number of nitrogens with one attached hydrogen (secondary N) is 2. The number of rotatable bonds is 4. The summed E-state index contributed by atoms with van der Waals surface area (Å²) < 4.78 is 0. The van der Waals surface area contributed by atoms with Gasteiger partial charge in [0.15, 0.2) is 0 Å². The van der Waals surface area contributed by atoms with Gasteiger partial charge >= 0.3 is 0 Å². The van der Waals surface area contributed by atoms with E-state index in [4.69, 9.17) is 0 Å². The van der Waals surface area contributed by atoms with E-state index in [1.807, 2.05) is 13.0 Å². The number of amides is 4. The maximum atomic E-state index is 13.0. The average Bonchev–Trinajstić information content (AvgIpc) is 2.83. The summed E-state index contributed by atoms with van der Waals surface area (Å²) in [5, 5.41) is 5.66. The van der Waals surface area contributed by atoms with Crippen molar-refractivity contribution in [1.82, 2.24) is 4.90 Å². The van der Waals surface area contributed by atoms with E-state index in [-0.39, 0.29) is 36.1 Å². The molecule has 1 fully saturated rings. The largest absolute Gasteiger partial charge is 0.342 e. The molecule has 0 bridgehead atoms. The molecule has 0 aliphatic carbocycles. The third kappa shape index (κ3) is 4.49. The lowest BCUT2D eigenvalue weighted by atomic mass is 9.96. The van der Waals surface area contributed by atoms with Crippen LogP contribution in [0.3, 0.4) is 0 Å². The first-order valence-electron chi connectivity index (χ1n) is 10.9. The van der Waals surface area contributed by atoms with Crippen molar-refractivity contribution in [2.75, 3.05) is 35.2 Å². The monoisotopic (exact) mass is 434 g/mol. The zero-order valence-electron chi connectivity index (χ0n) is 18.0. The van der Waals surface area contributed by atoms with E-state index in [0.717, 1.165) is 12.8 Å². The molecule has 32 heavy (non-hydrogen) atoms. The van der Waals surface area contributed by atoms with E-state index in [9.17, 15) is 19.2 Å². The number of likely N-dealkylation sites (tertiary alicyclic amines) is 1. The molecule has 0 spiro atoms. The summed E-state index contributed by atoms with van der Waals surface area (Å²) in [5.41, 5.74) is 2.26. The summed E-state index contributed by atoms with van der Waals surface area (Å²) in [6, 6.07) is 13.8. The third-order valence-corrected chi connectivity index (χ3v) is 5.86. The van der Waals surface area contributed by atoms with Crippen LogP contribution in [0, 0.1) is 5.92 Å². The number of carbonyl (C=O) groups excluding carboxylic acids is 4. The quantitative estimate of drug-likeness (QED) is 0.773. The minimum absolute atomic E-state index is 0.0526. The Morgan fingerprint density at radius 1 is 1.09 bits per heavy atom. The lowest BCUT2D eigenvalue weighted by molar-refractivity contribution is -0.134.